The van der Waals surface area contributed by atoms with Crippen molar-refractivity contribution in [1.82, 2.24) is 10.3 Å². The monoisotopic (exact) mass is 497 g/mol. The number of nitriles is 1. The van der Waals surface area contributed by atoms with E-state index in [1.54, 1.807) is 13.2 Å². The van der Waals surface area contributed by atoms with Crippen molar-refractivity contribution in [3.8, 4) is 11.8 Å². The van der Waals surface area contributed by atoms with E-state index >= 15 is 0 Å². The number of H-pyrrole nitrogens is 1. The number of aryl methyl sites for hydroxylation is 1. The molecule has 1 amide bonds. The number of ketones is 2. The van der Waals surface area contributed by atoms with Gasteiger partial charge in [-0.2, -0.15) is 5.26 Å². The molecule has 1 heterocycles. The minimum atomic E-state index is -0.804. The van der Waals surface area contributed by atoms with Crippen LogP contribution in [-0.4, -0.2) is 35.6 Å². The van der Waals surface area contributed by atoms with Crippen LogP contribution in [0.2, 0.25) is 0 Å². The maximum absolute atomic E-state index is 13.4. The molecule has 0 aliphatic heterocycles. The third-order valence-electron chi connectivity index (χ3n) is 7.72. The third kappa shape index (κ3) is 5.15. The minimum Gasteiger partial charge on any atom is -0.496 e. The molecule has 0 bridgehead atoms. The number of aromatic amines is 1. The highest BCUT2D eigenvalue weighted by Gasteiger charge is 2.36. The SMILES string of the molecule is COc1cccc2[nH]c(C(=O)C[C@@H](CC3CC3)C(=O)N[C@H](C#N)C[C@H]3C(=O)Cc4cccc(C)c43)cc12. The number of nitrogens with one attached hydrogen (secondary N) is 2. The molecule has 3 atom stereocenters. The van der Waals surface area contributed by atoms with Crippen molar-refractivity contribution in [2.45, 2.75) is 57.4 Å². The Labute approximate surface area is 216 Å². The van der Waals surface area contributed by atoms with E-state index in [-0.39, 0.29) is 30.3 Å². The van der Waals surface area contributed by atoms with Gasteiger partial charge in [0.2, 0.25) is 5.91 Å². The van der Waals surface area contributed by atoms with Crippen molar-refractivity contribution in [1.29, 1.82) is 5.26 Å². The lowest BCUT2D eigenvalue weighted by Crippen LogP contribution is -2.40. The number of fused-ring (bicyclic) bond motifs is 2. The Morgan fingerprint density at radius 1 is 1.19 bits per heavy atom. The van der Waals surface area contributed by atoms with Crippen LogP contribution in [-0.2, 0) is 16.0 Å². The first-order valence-electron chi connectivity index (χ1n) is 12.9. The summed E-state index contributed by atoms with van der Waals surface area (Å²) in [5, 5.41) is 13.5. The van der Waals surface area contributed by atoms with Crippen LogP contribution in [0.25, 0.3) is 10.9 Å². The fourth-order valence-electron chi connectivity index (χ4n) is 5.61. The van der Waals surface area contributed by atoms with Crippen LogP contribution >= 0.6 is 0 Å². The van der Waals surface area contributed by atoms with E-state index in [0.29, 0.717) is 30.2 Å². The fourth-order valence-corrected chi connectivity index (χ4v) is 5.61. The van der Waals surface area contributed by atoms with Crippen molar-refractivity contribution in [2.24, 2.45) is 11.8 Å². The summed E-state index contributed by atoms with van der Waals surface area (Å²) >= 11 is 0. The first kappa shape index (κ1) is 24.8. The lowest BCUT2D eigenvalue weighted by Gasteiger charge is -2.21. The number of carbonyl (C=O) groups is 3. The fraction of sp³-hybridized carbons (Fsp3) is 0.400. The van der Waals surface area contributed by atoms with Gasteiger partial charge < -0.3 is 15.0 Å². The van der Waals surface area contributed by atoms with Gasteiger partial charge >= 0.3 is 0 Å². The zero-order valence-electron chi connectivity index (χ0n) is 21.2. The van der Waals surface area contributed by atoms with Crippen LogP contribution < -0.4 is 10.1 Å². The lowest BCUT2D eigenvalue weighted by atomic mass is 9.89. The summed E-state index contributed by atoms with van der Waals surface area (Å²) in [5.74, 6) is -0.187. The molecule has 2 aromatic carbocycles. The van der Waals surface area contributed by atoms with E-state index < -0.39 is 17.9 Å². The molecule has 1 saturated carbocycles. The number of amides is 1. The number of hydrogen-bond donors (Lipinski definition) is 2. The van der Waals surface area contributed by atoms with Gasteiger partial charge in [0.25, 0.3) is 0 Å². The molecular formula is C30H31N3O4. The summed E-state index contributed by atoms with van der Waals surface area (Å²) in [6.07, 6.45) is 3.38. The number of methoxy groups -OCH3 is 1. The van der Waals surface area contributed by atoms with E-state index in [2.05, 4.69) is 16.4 Å². The largest absolute Gasteiger partial charge is 0.496 e. The van der Waals surface area contributed by atoms with Crippen molar-refractivity contribution >= 4 is 28.4 Å². The topological polar surface area (TPSA) is 112 Å². The van der Waals surface area contributed by atoms with Gasteiger partial charge in [-0.05, 0) is 60.6 Å². The van der Waals surface area contributed by atoms with Gasteiger partial charge in [-0.3, -0.25) is 14.4 Å². The Morgan fingerprint density at radius 2 is 1.97 bits per heavy atom. The molecule has 0 radical (unpaired) electrons. The number of benzene rings is 2. The molecule has 2 aliphatic rings. The Bertz CT molecular complexity index is 1410. The molecule has 0 saturated heterocycles. The lowest BCUT2D eigenvalue weighted by molar-refractivity contribution is -0.126. The molecule has 5 rings (SSSR count). The van der Waals surface area contributed by atoms with Crippen LogP contribution in [0.4, 0.5) is 0 Å². The third-order valence-corrected chi connectivity index (χ3v) is 7.72. The van der Waals surface area contributed by atoms with Crippen LogP contribution in [0.5, 0.6) is 5.75 Å². The summed E-state index contributed by atoms with van der Waals surface area (Å²) in [6.45, 7) is 1.97. The number of aromatic nitrogens is 1. The highest BCUT2D eigenvalue weighted by molar-refractivity contribution is 6.02. The van der Waals surface area contributed by atoms with Gasteiger partial charge in [0.05, 0.1) is 18.9 Å². The van der Waals surface area contributed by atoms with Crippen LogP contribution in [0.1, 0.15) is 65.2 Å². The van der Waals surface area contributed by atoms with Gasteiger partial charge in [-0.15, -0.1) is 0 Å². The van der Waals surface area contributed by atoms with Crippen LogP contribution in [0.15, 0.2) is 42.5 Å². The second kappa shape index (κ2) is 10.2. The molecule has 0 unspecified atom stereocenters. The van der Waals surface area contributed by atoms with Crippen molar-refractivity contribution in [2.75, 3.05) is 7.11 Å². The summed E-state index contributed by atoms with van der Waals surface area (Å²) in [5.41, 5.74) is 4.26. The Hall–Kier alpha value is -3.92. The molecule has 3 aromatic rings. The minimum absolute atomic E-state index is 0.0555. The van der Waals surface area contributed by atoms with Gasteiger partial charge in [-0.25, -0.2) is 0 Å². The van der Waals surface area contributed by atoms with Gasteiger partial charge in [-0.1, -0.05) is 37.1 Å². The maximum Gasteiger partial charge on any atom is 0.224 e. The van der Waals surface area contributed by atoms with E-state index in [9.17, 15) is 19.6 Å². The maximum atomic E-state index is 13.4. The molecule has 190 valence electrons. The summed E-state index contributed by atoms with van der Waals surface area (Å²) < 4.78 is 5.40. The standard InChI is InChI=1S/C30H31N3O4/c1-17-5-3-6-19-12-26(34)23(29(17)19)14-21(16-31)32-30(36)20(11-18-9-10-18)13-27(35)25-15-22-24(33-25)7-4-8-28(22)37-2/h3-8,15,18,20-21,23,33H,9-14H2,1-2H3,(H,32,36)/t20-,21+,23+/m1/s1. The predicted octanol–water partition coefficient (Wildman–Crippen LogP) is 4.78. The number of carbonyl (C=O) groups excluding carboxylic acids is 3. The van der Waals surface area contributed by atoms with Gasteiger partial charge in [0.15, 0.2) is 5.78 Å². The van der Waals surface area contributed by atoms with Crippen molar-refractivity contribution < 1.29 is 19.1 Å². The number of ether oxygens (including phenoxy) is 1. The molecule has 0 spiro atoms. The smallest absolute Gasteiger partial charge is 0.224 e. The summed E-state index contributed by atoms with van der Waals surface area (Å²) in [6, 6.07) is 14.6. The number of hydrogen-bond acceptors (Lipinski definition) is 5. The molecule has 37 heavy (non-hydrogen) atoms. The highest BCUT2D eigenvalue weighted by Crippen LogP contribution is 2.38. The van der Waals surface area contributed by atoms with E-state index in [0.717, 1.165) is 40.4 Å². The zero-order valence-corrected chi connectivity index (χ0v) is 21.2. The first-order chi connectivity index (χ1) is 17.9. The number of rotatable bonds is 10. The molecule has 1 fully saturated rings. The Morgan fingerprint density at radius 3 is 2.70 bits per heavy atom. The average Bonchev–Trinajstić information content (AvgIpc) is 3.49. The normalized spacial score (nSPS) is 18.2. The summed E-state index contributed by atoms with van der Waals surface area (Å²) in [7, 11) is 1.59. The molecule has 2 aliphatic carbocycles. The van der Waals surface area contributed by atoms with Crippen LogP contribution in [0, 0.1) is 30.1 Å². The van der Waals surface area contributed by atoms with E-state index in [4.69, 9.17) is 4.74 Å². The van der Waals surface area contributed by atoms with Crippen molar-refractivity contribution in [3.63, 3.8) is 0 Å². The van der Waals surface area contributed by atoms with Crippen LogP contribution in [0.3, 0.4) is 0 Å². The highest BCUT2D eigenvalue weighted by atomic mass is 16.5. The molecule has 7 nitrogen and oxygen atoms in total. The molecule has 2 N–H and O–H groups in total. The second-order valence-corrected chi connectivity index (χ2v) is 10.4. The zero-order chi connectivity index (χ0) is 26.1. The molecule has 1 aromatic heterocycles. The van der Waals surface area contributed by atoms with Crippen molar-refractivity contribution in [3.05, 3.63) is 64.8 Å². The number of Topliss-reactive ketones (excluding diaryl/α,β-unsaturated/α-hetero) is 2. The van der Waals surface area contributed by atoms with Gasteiger partial charge in [0, 0.05) is 35.6 Å². The molecular weight excluding hydrogens is 466 g/mol. The number of nitrogens with zero attached hydrogens (tertiary/aromatic N) is 1. The summed E-state index contributed by atoms with van der Waals surface area (Å²) in [4.78, 5) is 42.5. The quantitative estimate of drug-likeness (QED) is 0.392. The van der Waals surface area contributed by atoms with E-state index in [1.807, 2.05) is 43.3 Å². The van der Waals surface area contributed by atoms with E-state index in [1.165, 1.54) is 0 Å². The second-order valence-electron chi connectivity index (χ2n) is 10.4. The average molecular weight is 498 g/mol. The van der Waals surface area contributed by atoms with Gasteiger partial charge in [0.1, 0.15) is 17.6 Å². The predicted molar refractivity (Wildman–Crippen MR) is 139 cm³/mol. The Kier molecular flexibility index (Phi) is 6.84. The first-order valence-corrected chi connectivity index (χ1v) is 12.9. The molecule has 7 heteroatoms. The Balaban J connectivity index is 1.30.